The van der Waals surface area contributed by atoms with Gasteiger partial charge in [0.15, 0.2) is 6.54 Å². The Morgan fingerprint density at radius 2 is 1.68 bits per heavy atom. The van der Waals surface area contributed by atoms with Crippen molar-refractivity contribution in [1.29, 1.82) is 0 Å². The van der Waals surface area contributed by atoms with Crippen LogP contribution in [0, 0.1) is 0 Å². The van der Waals surface area contributed by atoms with E-state index in [1.807, 2.05) is 28.8 Å². The highest BCUT2D eigenvalue weighted by molar-refractivity contribution is 7.86. The van der Waals surface area contributed by atoms with Crippen LogP contribution in [0.4, 0.5) is 5.69 Å². The van der Waals surface area contributed by atoms with Crippen molar-refractivity contribution in [3.05, 3.63) is 82.6 Å². The molecule has 0 saturated heterocycles. The number of carbonyl (C=O) groups is 1. The van der Waals surface area contributed by atoms with Crippen LogP contribution in [0.5, 0.6) is 0 Å². The summed E-state index contributed by atoms with van der Waals surface area (Å²) in [5.74, 6) is -1.12. The van der Waals surface area contributed by atoms with Crippen molar-refractivity contribution in [3.8, 4) is 11.3 Å². The third-order valence-electron chi connectivity index (χ3n) is 10.1. The maximum absolute atomic E-state index is 12.1. The molecule has 2 heterocycles. The van der Waals surface area contributed by atoms with Crippen molar-refractivity contribution >= 4 is 48.1 Å². The summed E-state index contributed by atoms with van der Waals surface area (Å²) in [6.45, 7) is 9.82. The van der Waals surface area contributed by atoms with E-state index in [2.05, 4.69) is 20.8 Å². The van der Waals surface area contributed by atoms with E-state index in [4.69, 9.17) is 13.9 Å². The molecule has 0 spiro atoms. The van der Waals surface area contributed by atoms with Crippen LogP contribution in [0.25, 0.3) is 17.4 Å². The first-order valence-corrected chi connectivity index (χ1v) is 23.6. The molecule has 2 aliphatic heterocycles. The smallest absolute Gasteiger partial charge is 0.303 e. The summed E-state index contributed by atoms with van der Waals surface area (Å²) in [5, 5.41) is 10.2. The highest BCUT2D eigenvalue weighted by atomic mass is 32.2. The molecule has 1 aliphatic carbocycles. The van der Waals surface area contributed by atoms with Gasteiger partial charge in [-0.25, -0.2) is 21.4 Å². The van der Waals surface area contributed by atoms with Gasteiger partial charge in [0.1, 0.15) is 34.8 Å². The summed E-state index contributed by atoms with van der Waals surface area (Å²) >= 11 is 0. The van der Waals surface area contributed by atoms with Crippen LogP contribution in [-0.4, -0.2) is 108 Å². The van der Waals surface area contributed by atoms with Crippen molar-refractivity contribution < 1.29 is 62.7 Å². The van der Waals surface area contributed by atoms with Gasteiger partial charge in [-0.15, -0.1) is 0 Å². The summed E-state index contributed by atoms with van der Waals surface area (Å²) in [6, 6.07) is 11.5. The number of hydrogen-bond acceptors (Lipinski definition) is 13. The van der Waals surface area contributed by atoms with E-state index >= 15 is 0 Å². The van der Waals surface area contributed by atoms with E-state index < -0.39 is 58.1 Å². The van der Waals surface area contributed by atoms with Gasteiger partial charge in [-0.1, -0.05) is 26.8 Å². The molecule has 0 bridgehead atoms. The Morgan fingerprint density at radius 3 is 2.31 bits per heavy atom. The Kier molecular flexibility index (Phi) is 15.9. The summed E-state index contributed by atoms with van der Waals surface area (Å²) in [7, 11) is -12.0. The molecule has 0 fully saturated rings. The van der Waals surface area contributed by atoms with Crippen molar-refractivity contribution in [2.24, 2.45) is 0 Å². The molecule has 1 unspecified atom stereocenters. The van der Waals surface area contributed by atoms with Crippen LogP contribution in [-0.2, 0) is 55.5 Å². The molecule has 4 rings (SSSR count). The van der Waals surface area contributed by atoms with Gasteiger partial charge in [0.2, 0.25) is 5.36 Å². The van der Waals surface area contributed by atoms with Crippen molar-refractivity contribution in [3.63, 3.8) is 0 Å². The van der Waals surface area contributed by atoms with Crippen molar-refractivity contribution in [2.45, 2.75) is 75.5 Å². The molecule has 3 aliphatic rings. The van der Waals surface area contributed by atoms with Gasteiger partial charge in [0.25, 0.3) is 10.1 Å². The van der Waals surface area contributed by atoms with Gasteiger partial charge >= 0.3 is 5.97 Å². The van der Waals surface area contributed by atoms with Crippen molar-refractivity contribution in [2.75, 3.05) is 63.0 Å². The SMILES string of the molecule is COCCOCC[N+](CCCS(=O)(=O)O)=c1ccc2c(C(C)(C)C)cc(/C=C/C=C3/N(CCCS(=O)(=O)[O-])c4ccc(S(=O)(=O)[O-])cc4C3(C)CCCC(=O)O)oc-2c1. The third-order valence-corrected chi connectivity index (χ3v) is 12.5. The fourth-order valence-corrected chi connectivity index (χ4v) is 8.71. The van der Waals surface area contributed by atoms with E-state index in [1.165, 1.54) is 12.1 Å². The van der Waals surface area contributed by atoms with Gasteiger partial charge in [-0.05, 0) is 85.2 Å². The molecule has 0 aromatic heterocycles. The number of rotatable bonds is 21. The normalized spacial score (nSPS) is 17.6. The average Bonchev–Trinajstić information content (AvgIpc) is 3.34. The Hall–Kier alpha value is -3.95. The van der Waals surface area contributed by atoms with Crippen LogP contribution >= 0.6 is 0 Å². The lowest BCUT2D eigenvalue weighted by Crippen LogP contribution is -2.35. The molecule has 1 aromatic rings. The highest BCUT2D eigenvalue weighted by Gasteiger charge is 2.43. The molecule has 326 valence electrons. The minimum atomic E-state index is -4.87. The number of aliphatic carboxylic acids is 1. The fourth-order valence-electron chi connectivity index (χ4n) is 7.24. The number of ether oxygens (including phenoxy) is 2. The van der Waals surface area contributed by atoms with Gasteiger partial charge in [-0.2, -0.15) is 8.42 Å². The van der Waals surface area contributed by atoms with Gasteiger partial charge in [0, 0.05) is 60.7 Å². The lowest BCUT2D eigenvalue weighted by Gasteiger charge is -2.30. The van der Waals surface area contributed by atoms with Gasteiger partial charge < -0.3 is 33.0 Å². The zero-order chi connectivity index (χ0) is 43.8. The number of allylic oxidation sites excluding steroid dienone is 3. The first-order chi connectivity index (χ1) is 27.4. The van der Waals surface area contributed by atoms with Crippen LogP contribution < -0.4 is 14.8 Å². The van der Waals surface area contributed by atoms with Crippen LogP contribution in [0.15, 0.2) is 69.6 Å². The number of carboxylic acids is 1. The number of methoxy groups -OCH3 is 1. The number of nitrogens with zero attached hydrogens (tertiary/aromatic N) is 2. The van der Waals surface area contributed by atoms with Crippen LogP contribution in [0.3, 0.4) is 0 Å². The third kappa shape index (κ3) is 13.5. The lowest BCUT2D eigenvalue weighted by molar-refractivity contribution is -0.137. The predicted molar refractivity (Wildman–Crippen MR) is 220 cm³/mol. The molecular formula is C40H53N2O14S3-. The van der Waals surface area contributed by atoms with Crippen LogP contribution in [0.2, 0.25) is 0 Å². The number of carboxylic acid groups (broad SMARTS) is 1. The second-order valence-corrected chi connectivity index (χ2v) is 20.1. The molecule has 59 heavy (non-hydrogen) atoms. The number of hydrogen-bond donors (Lipinski definition) is 2. The minimum absolute atomic E-state index is 0.0432. The average molecular weight is 882 g/mol. The zero-order valence-electron chi connectivity index (χ0n) is 33.9. The van der Waals surface area contributed by atoms with Gasteiger partial charge in [-0.3, -0.25) is 9.35 Å². The Balaban J connectivity index is 1.86. The molecule has 0 saturated carbocycles. The van der Waals surface area contributed by atoms with E-state index in [-0.39, 0.29) is 44.1 Å². The summed E-state index contributed by atoms with van der Waals surface area (Å²) in [4.78, 5) is 12.8. The maximum Gasteiger partial charge on any atom is 0.303 e. The molecule has 0 amide bonds. The number of benzene rings is 2. The summed E-state index contributed by atoms with van der Waals surface area (Å²) in [5.41, 5.74) is 1.89. The first-order valence-electron chi connectivity index (χ1n) is 19.0. The highest BCUT2D eigenvalue weighted by Crippen LogP contribution is 2.51. The predicted octanol–water partition coefficient (Wildman–Crippen LogP) is 4.16. The zero-order valence-corrected chi connectivity index (χ0v) is 36.3. The Morgan fingerprint density at radius 1 is 0.949 bits per heavy atom. The van der Waals surface area contributed by atoms with E-state index in [0.717, 1.165) is 22.6 Å². The molecule has 0 radical (unpaired) electrons. The lowest BCUT2D eigenvalue weighted by atomic mass is 9.77. The Labute approximate surface area is 346 Å². The molecule has 1 atom stereocenters. The molecule has 2 N–H and O–H groups in total. The summed E-state index contributed by atoms with van der Waals surface area (Å²) < 4.78 is 122. The second-order valence-electron chi connectivity index (χ2n) is 15.6. The second kappa shape index (κ2) is 19.6. The number of anilines is 1. The molecule has 1 aromatic carbocycles. The monoisotopic (exact) mass is 881 g/mol. The topological polar surface area (TPSA) is 244 Å². The fraction of sp³-hybridized carbons (Fsp3) is 0.500. The number of fused-ring (bicyclic) bond motifs is 2. The largest absolute Gasteiger partial charge is 0.748 e. The molecular weight excluding hydrogens is 829 g/mol. The van der Waals surface area contributed by atoms with E-state index in [9.17, 15) is 48.8 Å². The van der Waals surface area contributed by atoms with E-state index in [0.29, 0.717) is 61.4 Å². The first kappa shape index (κ1) is 47.7. The standard InChI is InChI=1S/C40H54N2O14S3/c1-39(2,3)33-27-30(56-36-26-29(13-15-32(33)36)41(18-8-24-57(45,46)47)20-21-55-23-22-54-5)10-6-11-37-40(4,17-7-12-38(43)44)34-28-31(59(51,52)53)14-16-35(34)42(37)19-9-25-58(48,49)50/h6,10-11,13-16,26-28H,7-9,12,17-25H2,1-5H3,(H3-,43,44,45,46,47,48,49,50,51,52,53)/p-1. The summed E-state index contributed by atoms with van der Waals surface area (Å²) in [6.07, 6.45) is 5.48. The van der Waals surface area contributed by atoms with Crippen molar-refractivity contribution in [1.82, 2.24) is 4.58 Å². The minimum Gasteiger partial charge on any atom is -0.748 e. The van der Waals surface area contributed by atoms with Gasteiger partial charge in [0.05, 0.1) is 40.0 Å². The molecule has 16 nitrogen and oxygen atoms in total. The van der Waals surface area contributed by atoms with Crippen LogP contribution in [0.1, 0.15) is 76.7 Å². The molecule has 19 heteroatoms. The quantitative estimate of drug-likeness (QED) is 0.0867. The maximum atomic E-state index is 12.1. The van der Waals surface area contributed by atoms with E-state index in [1.54, 1.807) is 37.2 Å². The Bertz CT molecular complexity index is 2410.